The van der Waals surface area contributed by atoms with Crippen molar-refractivity contribution in [3.8, 4) is 0 Å². The van der Waals surface area contributed by atoms with Crippen LogP contribution in [0.3, 0.4) is 0 Å². The second-order valence-corrected chi connectivity index (χ2v) is 5.85. The number of carbonyl (C=O) groups is 1. The van der Waals surface area contributed by atoms with Gasteiger partial charge in [-0.05, 0) is 42.5 Å². The molecule has 0 fully saturated rings. The SMILES string of the molecule is CC1c2ccsc2CCN1C(=O)c1ccc(Cl)nn1. The minimum absolute atomic E-state index is 0.0833. The summed E-state index contributed by atoms with van der Waals surface area (Å²) in [5, 5.41) is 9.96. The highest BCUT2D eigenvalue weighted by Gasteiger charge is 2.29. The van der Waals surface area contributed by atoms with Crippen molar-refractivity contribution in [2.75, 3.05) is 6.54 Å². The third kappa shape index (κ3) is 2.24. The Morgan fingerprint density at radius 1 is 1.42 bits per heavy atom. The number of nitrogens with zero attached hydrogens (tertiary/aromatic N) is 3. The molecule has 0 N–H and O–H groups in total. The minimum Gasteiger partial charge on any atom is -0.330 e. The number of amides is 1. The normalized spacial score (nSPS) is 18.2. The zero-order valence-electron chi connectivity index (χ0n) is 10.3. The second kappa shape index (κ2) is 4.90. The Bertz CT molecular complexity index is 611. The van der Waals surface area contributed by atoms with Crippen LogP contribution >= 0.6 is 22.9 Å². The van der Waals surface area contributed by atoms with E-state index < -0.39 is 0 Å². The summed E-state index contributed by atoms with van der Waals surface area (Å²) >= 11 is 7.44. The van der Waals surface area contributed by atoms with Crippen molar-refractivity contribution in [3.05, 3.63) is 44.9 Å². The fourth-order valence-corrected chi connectivity index (χ4v) is 3.43. The summed E-state index contributed by atoms with van der Waals surface area (Å²) in [6.07, 6.45) is 0.907. The molecular formula is C13H12ClN3OS. The van der Waals surface area contributed by atoms with Gasteiger partial charge in [0.15, 0.2) is 10.8 Å². The first-order valence-corrected chi connectivity index (χ1v) is 7.29. The molecule has 0 bridgehead atoms. The molecule has 1 atom stereocenters. The standard InChI is InChI=1S/C13H12ClN3OS/c1-8-9-5-7-19-11(9)4-6-17(8)13(18)10-2-3-12(14)16-15-10/h2-3,5,7-8H,4,6H2,1H3. The first-order chi connectivity index (χ1) is 9.16. The van der Waals surface area contributed by atoms with Gasteiger partial charge in [0.05, 0.1) is 6.04 Å². The van der Waals surface area contributed by atoms with Gasteiger partial charge in [0, 0.05) is 11.4 Å². The van der Waals surface area contributed by atoms with Crippen molar-refractivity contribution in [2.45, 2.75) is 19.4 Å². The fourth-order valence-electron chi connectivity index (χ4n) is 2.36. The predicted molar refractivity (Wildman–Crippen MR) is 74.5 cm³/mol. The van der Waals surface area contributed by atoms with Crippen LogP contribution in [0.1, 0.15) is 33.9 Å². The molecule has 0 saturated carbocycles. The lowest BCUT2D eigenvalue weighted by atomic mass is 10.0. The summed E-state index contributed by atoms with van der Waals surface area (Å²) in [7, 11) is 0. The van der Waals surface area contributed by atoms with Crippen LogP contribution in [-0.4, -0.2) is 27.5 Å². The molecule has 3 heterocycles. The summed E-state index contributed by atoms with van der Waals surface area (Å²) in [4.78, 5) is 15.7. The summed E-state index contributed by atoms with van der Waals surface area (Å²) in [5.74, 6) is -0.0893. The van der Waals surface area contributed by atoms with Crippen molar-refractivity contribution < 1.29 is 4.79 Å². The highest BCUT2D eigenvalue weighted by molar-refractivity contribution is 7.10. The number of fused-ring (bicyclic) bond motifs is 1. The molecule has 0 aliphatic carbocycles. The maximum Gasteiger partial charge on any atom is 0.274 e. The predicted octanol–water partition coefficient (Wildman–Crippen LogP) is 2.95. The number of rotatable bonds is 1. The van der Waals surface area contributed by atoms with Crippen LogP contribution in [0, 0.1) is 0 Å². The van der Waals surface area contributed by atoms with Crippen LogP contribution in [0.2, 0.25) is 5.15 Å². The molecule has 2 aromatic rings. The van der Waals surface area contributed by atoms with Crippen molar-refractivity contribution in [3.63, 3.8) is 0 Å². The molecule has 98 valence electrons. The zero-order valence-corrected chi connectivity index (χ0v) is 11.9. The molecule has 0 spiro atoms. The van der Waals surface area contributed by atoms with Crippen LogP contribution in [0.25, 0.3) is 0 Å². The molecule has 1 unspecified atom stereocenters. The van der Waals surface area contributed by atoms with Gasteiger partial charge < -0.3 is 4.90 Å². The van der Waals surface area contributed by atoms with Crippen molar-refractivity contribution >= 4 is 28.8 Å². The van der Waals surface area contributed by atoms with E-state index >= 15 is 0 Å². The van der Waals surface area contributed by atoms with Gasteiger partial charge in [0.1, 0.15) is 0 Å². The largest absolute Gasteiger partial charge is 0.330 e. The fraction of sp³-hybridized carbons (Fsp3) is 0.308. The van der Waals surface area contributed by atoms with E-state index in [-0.39, 0.29) is 11.9 Å². The maximum atomic E-state index is 12.4. The Morgan fingerprint density at radius 2 is 2.26 bits per heavy atom. The molecule has 1 amide bonds. The van der Waals surface area contributed by atoms with E-state index in [1.807, 2.05) is 11.8 Å². The average molecular weight is 294 g/mol. The topological polar surface area (TPSA) is 46.1 Å². The van der Waals surface area contributed by atoms with E-state index in [4.69, 9.17) is 11.6 Å². The van der Waals surface area contributed by atoms with Gasteiger partial charge in [-0.3, -0.25) is 4.79 Å². The van der Waals surface area contributed by atoms with Gasteiger partial charge in [-0.2, -0.15) is 0 Å². The van der Waals surface area contributed by atoms with Gasteiger partial charge in [-0.25, -0.2) is 0 Å². The number of aromatic nitrogens is 2. The molecule has 1 aliphatic heterocycles. The summed E-state index contributed by atoms with van der Waals surface area (Å²) in [5.41, 5.74) is 1.58. The van der Waals surface area contributed by atoms with E-state index in [0.29, 0.717) is 10.8 Å². The Balaban J connectivity index is 1.87. The molecule has 1 aliphatic rings. The average Bonchev–Trinajstić information content (AvgIpc) is 2.88. The van der Waals surface area contributed by atoms with Gasteiger partial charge in [0.25, 0.3) is 5.91 Å². The molecule has 0 saturated heterocycles. The molecule has 2 aromatic heterocycles. The molecule has 3 rings (SSSR count). The van der Waals surface area contributed by atoms with E-state index in [2.05, 4.69) is 21.6 Å². The Labute approximate surface area is 120 Å². The Kier molecular flexibility index (Phi) is 3.24. The molecule has 4 nitrogen and oxygen atoms in total. The smallest absolute Gasteiger partial charge is 0.274 e. The van der Waals surface area contributed by atoms with Crippen LogP contribution in [-0.2, 0) is 6.42 Å². The number of halogens is 1. The van der Waals surface area contributed by atoms with Crippen LogP contribution in [0.4, 0.5) is 0 Å². The monoisotopic (exact) mass is 293 g/mol. The summed E-state index contributed by atoms with van der Waals surface area (Å²) in [6.45, 7) is 2.77. The van der Waals surface area contributed by atoms with E-state index in [0.717, 1.165) is 13.0 Å². The summed E-state index contributed by atoms with van der Waals surface area (Å²) < 4.78 is 0. The number of hydrogen-bond acceptors (Lipinski definition) is 4. The second-order valence-electron chi connectivity index (χ2n) is 4.46. The first-order valence-electron chi connectivity index (χ1n) is 6.03. The van der Waals surface area contributed by atoms with Crippen molar-refractivity contribution in [1.29, 1.82) is 0 Å². The van der Waals surface area contributed by atoms with Gasteiger partial charge >= 0.3 is 0 Å². The molecule has 0 aromatic carbocycles. The lowest BCUT2D eigenvalue weighted by Gasteiger charge is -2.33. The Hall–Kier alpha value is -1.46. The number of thiophene rings is 1. The van der Waals surface area contributed by atoms with E-state index in [1.54, 1.807) is 23.5 Å². The molecule has 19 heavy (non-hydrogen) atoms. The van der Waals surface area contributed by atoms with Gasteiger partial charge in [-0.1, -0.05) is 11.6 Å². The van der Waals surface area contributed by atoms with Gasteiger partial charge in [-0.15, -0.1) is 21.5 Å². The summed E-state index contributed by atoms with van der Waals surface area (Å²) in [6, 6.07) is 5.39. The van der Waals surface area contributed by atoms with Crippen molar-refractivity contribution in [1.82, 2.24) is 15.1 Å². The van der Waals surface area contributed by atoms with Crippen LogP contribution < -0.4 is 0 Å². The van der Waals surface area contributed by atoms with Crippen molar-refractivity contribution in [2.24, 2.45) is 0 Å². The molecule has 6 heteroatoms. The maximum absolute atomic E-state index is 12.4. The van der Waals surface area contributed by atoms with E-state index in [9.17, 15) is 4.79 Å². The van der Waals surface area contributed by atoms with Gasteiger partial charge in [0.2, 0.25) is 0 Å². The van der Waals surface area contributed by atoms with Crippen LogP contribution in [0.15, 0.2) is 23.6 Å². The highest BCUT2D eigenvalue weighted by atomic mass is 35.5. The lowest BCUT2D eigenvalue weighted by Crippen LogP contribution is -2.38. The highest BCUT2D eigenvalue weighted by Crippen LogP contribution is 2.33. The lowest BCUT2D eigenvalue weighted by molar-refractivity contribution is 0.0672. The van der Waals surface area contributed by atoms with E-state index in [1.165, 1.54) is 10.4 Å². The Morgan fingerprint density at radius 3 is 3.00 bits per heavy atom. The number of carbonyl (C=O) groups excluding carboxylic acids is 1. The first kappa shape index (κ1) is 12.6. The minimum atomic E-state index is -0.0893. The molecular weight excluding hydrogens is 282 g/mol. The van der Waals surface area contributed by atoms with Crippen LogP contribution in [0.5, 0.6) is 0 Å². The zero-order chi connectivity index (χ0) is 13.4. The number of hydrogen-bond donors (Lipinski definition) is 0. The third-order valence-corrected chi connectivity index (χ3v) is 4.59. The molecule has 0 radical (unpaired) electrons. The quantitative estimate of drug-likeness (QED) is 0.812. The third-order valence-electron chi connectivity index (χ3n) is 3.39.